The first-order chi connectivity index (χ1) is 13.1. The van der Waals surface area contributed by atoms with Gasteiger partial charge in [-0.25, -0.2) is 4.98 Å². The van der Waals surface area contributed by atoms with E-state index in [-0.39, 0.29) is 0 Å². The summed E-state index contributed by atoms with van der Waals surface area (Å²) in [6.45, 7) is 5.34. The van der Waals surface area contributed by atoms with E-state index in [0.29, 0.717) is 17.9 Å². The zero-order chi connectivity index (χ0) is 19.2. The van der Waals surface area contributed by atoms with Crippen LogP contribution >= 0.6 is 0 Å². The van der Waals surface area contributed by atoms with Gasteiger partial charge in [-0.3, -0.25) is 4.79 Å². The summed E-state index contributed by atoms with van der Waals surface area (Å²) in [6.07, 6.45) is 4.75. The molecule has 27 heavy (non-hydrogen) atoms. The highest BCUT2D eigenvalue weighted by molar-refractivity contribution is 5.81. The van der Waals surface area contributed by atoms with E-state index in [0.717, 1.165) is 47.3 Å². The first-order valence-electron chi connectivity index (χ1n) is 8.97. The van der Waals surface area contributed by atoms with Gasteiger partial charge in [-0.1, -0.05) is 24.3 Å². The quantitative estimate of drug-likeness (QED) is 0.484. The van der Waals surface area contributed by atoms with E-state index in [1.807, 2.05) is 32.2 Å². The largest absolute Gasteiger partial charge is 0.491 e. The molecule has 140 valence electrons. The Kier molecular flexibility index (Phi) is 6.04. The first kappa shape index (κ1) is 18.9. The molecule has 0 saturated carbocycles. The highest BCUT2D eigenvalue weighted by Gasteiger charge is 2.14. The summed E-state index contributed by atoms with van der Waals surface area (Å²) in [7, 11) is 1.87. The van der Waals surface area contributed by atoms with Gasteiger partial charge >= 0.3 is 0 Å². The van der Waals surface area contributed by atoms with Crippen molar-refractivity contribution in [3.8, 4) is 17.1 Å². The Hall–Kier alpha value is -2.92. The maximum Gasteiger partial charge on any atom is 0.181 e. The third kappa shape index (κ3) is 4.26. The van der Waals surface area contributed by atoms with Crippen molar-refractivity contribution in [1.82, 2.24) is 10.3 Å². The Balaban J connectivity index is 1.84. The number of nitrogens with zero attached hydrogens (tertiary/aromatic N) is 1. The summed E-state index contributed by atoms with van der Waals surface area (Å²) >= 11 is 0. The highest BCUT2D eigenvalue weighted by atomic mass is 16.5. The molecule has 1 N–H and O–H groups in total. The van der Waals surface area contributed by atoms with Gasteiger partial charge in [0.05, 0.1) is 11.8 Å². The van der Waals surface area contributed by atoms with Gasteiger partial charge < -0.3 is 14.5 Å². The fourth-order valence-corrected chi connectivity index (χ4v) is 3.07. The van der Waals surface area contributed by atoms with E-state index in [1.54, 1.807) is 6.20 Å². The molecule has 1 heterocycles. The second-order valence-corrected chi connectivity index (χ2v) is 6.51. The number of hydrogen-bond donors (Lipinski definition) is 1. The number of carbonyl (C=O) groups is 1. The normalized spacial score (nSPS) is 10.8. The van der Waals surface area contributed by atoms with Gasteiger partial charge in [0.15, 0.2) is 18.4 Å². The molecule has 0 aliphatic heterocycles. The molecule has 0 unspecified atom stereocenters. The molecule has 3 aromatic rings. The molecule has 2 aromatic carbocycles. The third-order valence-electron chi connectivity index (χ3n) is 4.77. The number of oxazole rings is 1. The maximum atomic E-state index is 11.6. The molecule has 1 aromatic heterocycles. The number of rotatable bonds is 8. The molecule has 0 radical (unpaired) electrons. The van der Waals surface area contributed by atoms with Crippen LogP contribution in [0, 0.1) is 13.8 Å². The third-order valence-corrected chi connectivity index (χ3v) is 4.77. The summed E-state index contributed by atoms with van der Waals surface area (Å²) in [5.74, 6) is 1.43. The van der Waals surface area contributed by atoms with Crippen molar-refractivity contribution in [2.45, 2.75) is 20.3 Å². The number of hydrogen-bond acceptors (Lipinski definition) is 5. The standard InChI is InChI=1S/C22H24N2O3/c1-15-16(2)22(26-9-8-23-3)20(13-25)11-19(15)10-17-4-6-18(7-5-17)21-12-24-14-27-21/h4-7,11-14,23H,8-10H2,1-3H3. The lowest BCUT2D eigenvalue weighted by molar-refractivity contribution is 0.111. The van der Waals surface area contributed by atoms with Crippen LogP contribution in [0.2, 0.25) is 0 Å². The van der Waals surface area contributed by atoms with Gasteiger partial charge in [0.25, 0.3) is 0 Å². The van der Waals surface area contributed by atoms with Crippen molar-refractivity contribution >= 4 is 6.29 Å². The Bertz CT molecular complexity index is 900. The van der Waals surface area contributed by atoms with Gasteiger partial charge in [-0.15, -0.1) is 0 Å². The molecule has 5 heteroatoms. The molecule has 0 amide bonds. The minimum atomic E-state index is 0.528. The Labute approximate surface area is 159 Å². The molecule has 0 spiro atoms. The summed E-state index contributed by atoms with van der Waals surface area (Å²) in [4.78, 5) is 15.5. The number of carbonyl (C=O) groups excluding carboxylic acids is 1. The van der Waals surface area contributed by atoms with E-state index >= 15 is 0 Å². The van der Waals surface area contributed by atoms with Gasteiger partial charge in [-0.05, 0) is 55.6 Å². The van der Waals surface area contributed by atoms with Crippen molar-refractivity contribution in [2.75, 3.05) is 20.2 Å². The minimum Gasteiger partial charge on any atom is -0.491 e. The van der Waals surface area contributed by atoms with Crippen LogP contribution in [0.25, 0.3) is 11.3 Å². The van der Waals surface area contributed by atoms with Crippen molar-refractivity contribution < 1.29 is 13.9 Å². The van der Waals surface area contributed by atoms with Crippen molar-refractivity contribution in [3.05, 3.63) is 70.7 Å². The summed E-state index contributed by atoms with van der Waals surface area (Å²) in [5, 5.41) is 3.04. The zero-order valence-corrected chi connectivity index (χ0v) is 15.9. The monoisotopic (exact) mass is 364 g/mol. The predicted molar refractivity (Wildman–Crippen MR) is 105 cm³/mol. The van der Waals surface area contributed by atoms with Gasteiger partial charge in [0.2, 0.25) is 0 Å². The second kappa shape index (κ2) is 8.64. The van der Waals surface area contributed by atoms with Crippen LogP contribution in [0.5, 0.6) is 5.75 Å². The van der Waals surface area contributed by atoms with Crippen LogP contribution in [0.1, 0.15) is 32.6 Å². The fraction of sp³-hybridized carbons (Fsp3) is 0.273. The molecule has 0 fully saturated rings. The lowest BCUT2D eigenvalue weighted by Crippen LogP contribution is -2.17. The number of benzene rings is 2. The van der Waals surface area contributed by atoms with Crippen molar-refractivity contribution in [3.63, 3.8) is 0 Å². The Morgan fingerprint density at radius 2 is 1.96 bits per heavy atom. The first-order valence-corrected chi connectivity index (χ1v) is 8.97. The molecule has 0 saturated heterocycles. The van der Waals surface area contributed by atoms with Crippen LogP contribution in [0.15, 0.2) is 47.3 Å². The molecule has 5 nitrogen and oxygen atoms in total. The SMILES string of the molecule is CNCCOc1c(C=O)cc(Cc2ccc(-c3cnco3)cc2)c(C)c1C. The molecule has 3 rings (SSSR count). The second-order valence-electron chi connectivity index (χ2n) is 6.51. The zero-order valence-electron chi connectivity index (χ0n) is 15.9. The lowest BCUT2D eigenvalue weighted by atomic mass is 9.93. The molecule has 0 atom stereocenters. The molecule has 0 aliphatic carbocycles. The van der Waals surface area contributed by atoms with E-state index in [4.69, 9.17) is 9.15 Å². The van der Waals surface area contributed by atoms with E-state index in [9.17, 15) is 4.79 Å². The average Bonchev–Trinajstić information content (AvgIpc) is 3.22. The maximum absolute atomic E-state index is 11.6. The number of likely N-dealkylation sites (N-methyl/N-ethyl adjacent to an activating group) is 1. The molecular weight excluding hydrogens is 340 g/mol. The number of ether oxygens (including phenoxy) is 1. The number of aldehydes is 1. The van der Waals surface area contributed by atoms with Gasteiger partial charge in [0, 0.05) is 12.1 Å². The highest BCUT2D eigenvalue weighted by Crippen LogP contribution is 2.30. The fourth-order valence-electron chi connectivity index (χ4n) is 3.07. The van der Waals surface area contributed by atoms with Crippen LogP contribution in [-0.4, -0.2) is 31.5 Å². The van der Waals surface area contributed by atoms with Crippen LogP contribution in [0.3, 0.4) is 0 Å². The van der Waals surface area contributed by atoms with E-state index < -0.39 is 0 Å². The number of nitrogens with one attached hydrogen (secondary N) is 1. The summed E-state index contributed by atoms with van der Waals surface area (Å²) < 4.78 is 11.2. The topological polar surface area (TPSA) is 64.4 Å². The minimum absolute atomic E-state index is 0.528. The van der Waals surface area contributed by atoms with E-state index in [2.05, 4.69) is 29.4 Å². The van der Waals surface area contributed by atoms with Crippen LogP contribution < -0.4 is 10.1 Å². The number of aromatic nitrogens is 1. The summed E-state index contributed by atoms with van der Waals surface area (Å²) in [6, 6.07) is 10.1. The summed E-state index contributed by atoms with van der Waals surface area (Å²) in [5.41, 5.74) is 6.06. The molecule has 0 aliphatic rings. The molecular formula is C22H24N2O3. The smallest absolute Gasteiger partial charge is 0.181 e. The Morgan fingerprint density at radius 3 is 2.59 bits per heavy atom. The lowest BCUT2D eigenvalue weighted by Gasteiger charge is -2.17. The average molecular weight is 364 g/mol. The molecule has 0 bridgehead atoms. The van der Waals surface area contributed by atoms with E-state index in [1.165, 1.54) is 12.0 Å². The van der Waals surface area contributed by atoms with Crippen LogP contribution in [0.4, 0.5) is 0 Å². The van der Waals surface area contributed by atoms with Gasteiger partial charge in [0.1, 0.15) is 12.4 Å². The van der Waals surface area contributed by atoms with Crippen molar-refractivity contribution in [2.24, 2.45) is 0 Å². The van der Waals surface area contributed by atoms with Gasteiger partial charge in [-0.2, -0.15) is 0 Å². The predicted octanol–water partition coefficient (Wildman–Crippen LogP) is 3.96. The Morgan fingerprint density at radius 1 is 1.19 bits per heavy atom. The van der Waals surface area contributed by atoms with Crippen molar-refractivity contribution in [1.29, 1.82) is 0 Å². The van der Waals surface area contributed by atoms with Crippen LogP contribution in [-0.2, 0) is 6.42 Å².